The van der Waals surface area contributed by atoms with Crippen molar-refractivity contribution in [3.05, 3.63) is 92.5 Å². The number of benzene rings is 3. The number of para-hydroxylation sites is 1. The molecule has 1 aliphatic rings. The summed E-state index contributed by atoms with van der Waals surface area (Å²) in [6.45, 7) is 1.87. The number of carbonyl (C=O) groups is 2. The number of nitro benzene ring substituents is 1. The molecule has 1 aliphatic carbocycles. The number of halogens is 1. The number of amides is 2. The molecule has 2 N–H and O–H groups in total. The molecule has 0 saturated heterocycles. The van der Waals surface area contributed by atoms with Crippen molar-refractivity contribution in [3.63, 3.8) is 0 Å². The summed E-state index contributed by atoms with van der Waals surface area (Å²) >= 11 is 7.50. The number of anilines is 2. The summed E-state index contributed by atoms with van der Waals surface area (Å²) in [5.74, 6) is -0.773. The molecule has 8 nitrogen and oxygen atoms in total. The minimum absolute atomic E-state index is 0.0178. The lowest BCUT2D eigenvalue weighted by molar-refractivity contribution is -0.384. The van der Waals surface area contributed by atoms with Crippen molar-refractivity contribution in [1.29, 1.82) is 0 Å². The maximum absolute atomic E-state index is 12.8. The average Bonchev–Trinajstić information content (AvgIpc) is 3.54. The number of thiazole rings is 1. The van der Waals surface area contributed by atoms with Gasteiger partial charge in [0.1, 0.15) is 0 Å². The number of aryl methyl sites for hydroxylation is 1. The van der Waals surface area contributed by atoms with Crippen molar-refractivity contribution in [2.24, 2.45) is 5.92 Å². The van der Waals surface area contributed by atoms with E-state index in [-0.39, 0.29) is 29.3 Å². The molecule has 176 valence electrons. The van der Waals surface area contributed by atoms with Crippen LogP contribution in [0.4, 0.5) is 16.5 Å². The molecule has 0 radical (unpaired) electrons. The largest absolute Gasteiger partial charge is 0.320 e. The van der Waals surface area contributed by atoms with Gasteiger partial charge in [-0.05, 0) is 54.7 Å². The quantitative estimate of drug-likeness (QED) is 0.240. The van der Waals surface area contributed by atoms with Gasteiger partial charge in [0.15, 0.2) is 5.13 Å². The van der Waals surface area contributed by atoms with Gasteiger partial charge in [-0.1, -0.05) is 47.2 Å². The molecule has 1 heterocycles. The Morgan fingerprint density at radius 1 is 1.11 bits per heavy atom. The molecule has 4 aromatic rings. The molecule has 35 heavy (non-hydrogen) atoms. The van der Waals surface area contributed by atoms with Crippen LogP contribution < -0.4 is 10.6 Å². The number of nitro groups is 1. The van der Waals surface area contributed by atoms with E-state index in [9.17, 15) is 19.7 Å². The average molecular weight is 507 g/mol. The van der Waals surface area contributed by atoms with Crippen LogP contribution in [0.2, 0.25) is 5.02 Å². The van der Waals surface area contributed by atoms with Crippen molar-refractivity contribution < 1.29 is 14.5 Å². The van der Waals surface area contributed by atoms with Crippen molar-refractivity contribution in [2.75, 3.05) is 10.6 Å². The van der Waals surface area contributed by atoms with Gasteiger partial charge in [0, 0.05) is 23.6 Å². The number of aromatic nitrogens is 1. The standard InChI is InChI=1S/C25H19ClN4O4S/c1-13-4-2-7-19(26)22(13)28-23(31)15-8-9-20-21(11-15)35-25(27-20)29-24(32)18-12-17(18)14-5-3-6-16(10-14)30(33)34/h2-11,17-18H,12H2,1H3,(H,28,31)(H,27,29,32). The molecule has 3 aromatic carbocycles. The van der Waals surface area contributed by atoms with Gasteiger partial charge < -0.3 is 10.6 Å². The Balaban J connectivity index is 1.27. The van der Waals surface area contributed by atoms with E-state index in [1.807, 2.05) is 19.1 Å². The summed E-state index contributed by atoms with van der Waals surface area (Å²) < 4.78 is 0.759. The Hall–Kier alpha value is -3.82. The lowest BCUT2D eigenvalue weighted by Crippen LogP contribution is -2.14. The lowest BCUT2D eigenvalue weighted by atomic mass is 10.1. The predicted molar refractivity (Wildman–Crippen MR) is 136 cm³/mol. The highest BCUT2D eigenvalue weighted by Gasteiger charge is 2.44. The molecule has 0 bridgehead atoms. The molecule has 10 heteroatoms. The lowest BCUT2D eigenvalue weighted by Gasteiger charge is -2.10. The van der Waals surface area contributed by atoms with Gasteiger partial charge in [0.25, 0.3) is 11.6 Å². The number of non-ortho nitro benzene ring substituents is 1. The summed E-state index contributed by atoms with van der Waals surface area (Å²) in [6, 6.07) is 16.9. The molecule has 1 fully saturated rings. The minimum Gasteiger partial charge on any atom is -0.320 e. The van der Waals surface area contributed by atoms with Crippen molar-refractivity contribution in [2.45, 2.75) is 19.3 Å². The van der Waals surface area contributed by atoms with E-state index in [2.05, 4.69) is 15.6 Å². The van der Waals surface area contributed by atoms with E-state index >= 15 is 0 Å². The first-order valence-electron chi connectivity index (χ1n) is 10.8. The summed E-state index contributed by atoms with van der Waals surface area (Å²) in [5, 5.41) is 17.6. The number of hydrogen-bond donors (Lipinski definition) is 2. The van der Waals surface area contributed by atoms with Gasteiger partial charge in [-0.15, -0.1) is 0 Å². The summed E-state index contributed by atoms with van der Waals surface area (Å²) in [4.78, 5) is 40.6. The first-order chi connectivity index (χ1) is 16.8. The molecule has 5 rings (SSSR count). The second-order valence-corrected chi connectivity index (χ2v) is 9.82. The van der Waals surface area contributed by atoms with Gasteiger partial charge in [0.2, 0.25) is 5.91 Å². The SMILES string of the molecule is Cc1cccc(Cl)c1NC(=O)c1ccc2nc(NC(=O)C3CC3c3cccc([N+](=O)[O-])c3)sc2c1. The third-order valence-electron chi connectivity index (χ3n) is 5.98. The third-order valence-corrected chi connectivity index (χ3v) is 7.23. The number of carbonyl (C=O) groups excluding carboxylic acids is 2. The third kappa shape index (κ3) is 4.73. The normalized spacial score (nSPS) is 16.6. The Bertz CT molecular complexity index is 1480. The monoisotopic (exact) mass is 506 g/mol. The Kier molecular flexibility index (Phi) is 5.96. The number of hydrogen-bond acceptors (Lipinski definition) is 6. The Labute approximate surface area is 209 Å². The molecule has 2 amide bonds. The predicted octanol–water partition coefficient (Wildman–Crippen LogP) is 6.16. The number of nitrogens with one attached hydrogen (secondary N) is 2. The molecule has 0 aliphatic heterocycles. The van der Waals surface area contributed by atoms with E-state index in [0.29, 0.717) is 33.3 Å². The van der Waals surface area contributed by atoms with Gasteiger partial charge in [-0.2, -0.15) is 0 Å². The highest BCUT2D eigenvalue weighted by Crippen LogP contribution is 2.48. The second kappa shape index (κ2) is 9.09. The number of rotatable bonds is 6. The topological polar surface area (TPSA) is 114 Å². The Morgan fingerprint density at radius 3 is 2.69 bits per heavy atom. The molecule has 1 aromatic heterocycles. The zero-order valence-corrected chi connectivity index (χ0v) is 20.0. The van der Waals surface area contributed by atoms with Crippen LogP contribution in [0.15, 0.2) is 60.7 Å². The van der Waals surface area contributed by atoms with Crippen LogP contribution in [-0.4, -0.2) is 21.7 Å². The molecule has 1 saturated carbocycles. The summed E-state index contributed by atoms with van der Waals surface area (Å²) in [6.07, 6.45) is 0.629. The maximum atomic E-state index is 12.8. The van der Waals surface area contributed by atoms with Crippen LogP contribution in [0, 0.1) is 23.0 Å². The Morgan fingerprint density at radius 2 is 1.91 bits per heavy atom. The van der Waals surface area contributed by atoms with Crippen molar-refractivity contribution in [3.8, 4) is 0 Å². The van der Waals surface area contributed by atoms with Crippen molar-refractivity contribution in [1.82, 2.24) is 4.98 Å². The van der Waals surface area contributed by atoms with E-state index in [1.54, 1.807) is 36.4 Å². The zero-order valence-electron chi connectivity index (χ0n) is 18.4. The van der Waals surface area contributed by atoms with Crippen LogP contribution in [0.25, 0.3) is 10.2 Å². The van der Waals surface area contributed by atoms with Gasteiger partial charge in [-0.3, -0.25) is 19.7 Å². The van der Waals surface area contributed by atoms with E-state index in [1.165, 1.54) is 23.5 Å². The van der Waals surface area contributed by atoms with Gasteiger partial charge >= 0.3 is 0 Å². The van der Waals surface area contributed by atoms with Crippen LogP contribution >= 0.6 is 22.9 Å². The fraction of sp³-hybridized carbons (Fsp3) is 0.160. The number of nitrogens with zero attached hydrogens (tertiary/aromatic N) is 2. The highest BCUT2D eigenvalue weighted by molar-refractivity contribution is 7.22. The fourth-order valence-corrected chi connectivity index (χ4v) is 5.19. The molecule has 2 atom stereocenters. The van der Waals surface area contributed by atoms with Crippen LogP contribution in [0.5, 0.6) is 0 Å². The van der Waals surface area contributed by atoms with E-state index in [4.69, 9.17) is 11.6 Å². The highest BCUT2D eigenvalue weighted by atomic mass is 35.5. The fourth-order valence-electron chi connectivity index (χ4n) is 4.02. The number of fused-ring (bicyclic) bond motifs is 1. The summed E-state index contributed by atoms with van der Waals surface area (Å²) in [5.41, 5.74) is 3.35. The van der Waals surface area contributed by atoms with E-state index in [0.717, 1.165) is 15.8 Å². The van der Waals surface area contributed by atoms with Gasteiger partial charge in [0.05, 0.1) is 25.8 Å². The first kappa shape index (κ1) is 22.9. The molecule has 2 unspecified atom stereocenters. The van der Waals surface area contributed by atoms with Crippen molar-refractivity contribution >= 4 is 61.5 Å². The maximum Gasteiger partial charge on any atom is 0.269 e. The van der Waals surface area contributed by atoms with Gasteiger partial charge in [-0.25, -0.2) is 4.98 Å². The zero-order chi connectivity index (χ0) is 24.7. The van der Waals surface area contributed by atoms with Crippen LogP contribution in [0.1, 0.15) is 33.8 Å². The molecular weight excluding hydrogens is 488 g/mol. The second-order valence-electron chi connectivity index (χ2n) is 8.38. The first-order valence-corrected chi connectivity index (χ1v) is 12.0. The van der Waals surface area contributed by atoms with Crippen LogP contribution in [-0.2, 0) is 4.79 Å². The molecule has 0 spiro atoms. The summed E-state index contributed by atoms with van der Waals surface area (Å²) in [7, 11) is 0. The smallest absolute Gasteiger partial charge is 0.269 e. The minimum atomic E-state index is -0.438. The van der Waals surface area contributed by atoms with Crippen LogP contribution in [0.3, 0.4) is 0 Å². The van der Waals surface area contributed by atoms with E-state index < -0.39 is 4.92 Å². The molecular formula is C25H19ClN4O4S.